The van der Waals surface area contributed by atoms with Gasteiger partial charge in [0.15, 0.2) is 5.78 Å². The predicted molar refractivity (Wildman–Crippen MR) is 75.7 cm³/mol. The highest BCUT2D eigenvalue weighted by atomic mass is 16.6. The molecule has 0 unspecified atom stereocenters. The molecule has 6 nitrogen and oxygen atoms in total. The van der Waals surface area contributed by atoms with Gasteiger partial charge in [0.05, 0.1) is 6.54 Å². The topological polar surface area (TPSA) is 67.9 Å². The van der Waals surface area contributed by atoms with Crippen molar-refractivity contribution in [2.45, 2.75) is 45.3 Å². The highest BCUT2D eigenvalue weighted by Gasteiger charge is 2.26. The number of hydrogen-bond acceptors (Lipinski definition) is 5. The summed E-state index contributed by atoms with van der Waals surface area (Å²) >= 11 is 0. The highest BCUT2D eigenvalue weighted by Crippen LogP contribution is 2.15. The van der Waals surface area contributed by atoms with Gasteiger partial charge in [-0.05, 0) is 33.6 Å². The lowest BCUT2D eigenvalue weighted by Crippen LogP contribution is -2.47. The van der Waals surface area contributed by atoms with E-state index in [1.54, 1.807) is 4.90 Å². The van der Waals surface area contributed by atoms with Gasteiger partial charge in [0.1, 0.15) is 12.2 Å². The van der Waals surface area contributed by atoms with E-state index in [9.17, 15) is 9.59 Å². The number of hydrogen-bond donors (Lipinski definition) is 1. The number of piperidine rings is 1. The Balaban J connectivity index is 2.26. The molecular weight excluding hydrogens is 260 g/mol. The Morgan fingerprint density at radius 3 is 2.35 bits per heavy atom. The predicted octanol–water partition coefficient (Wildman–Crippen LogP) is 1.19. The minimum atomic E-state index is -0.460. The fourth-order valence-electron chi connectivity index (χ4n) is 2.06. The number of nitrogens with zero attached hydrogens (tertiary/aromatic N) is 1. The van der Waals surface area contributed by atoms with Crippen LogP contribution in [-0.4, -0.2) is 61.8 Å². The molecule has 1 heterocycles. The second-order valence-corrected chi connectivity index (χ2v) is 6.09. The maximum absolute atomic E-state index is 11.9. The molecule has 1 saturated heterocycles. The second kappa shape index (κ2) is 7.59. The summed E-state index contributed by atoms with van der Waals surface area (Å²) in [7, 11) is 1.51. The first kappa shape index (κ1) is 16.9. The number of carbonyl (C=O) groups is 2. The molecular formula is C14H26N2O4. The molecule has 20 heavy (non-hydrogen) atoms. The molecule has 1 amide bonds. The van der Waals surface area contributed by atoms with Crippen LogP contribution in [0.3, 0.4) is 0 Å². The number of ether oxygens (including phenoxy) is 2. The highest BCUT2D eigenvalue weighted by molar-refractivity contribution is 5.81. The van der Waals surface area contributed by atoms with E-state index in [0.29, 0.717) is 19.6 Å². The Morgan fingerprint density at radius 2 is 1.85 bits per heavy atom. The maximum Gasteiger partial charge on any atom is 0.410 e. The summed E-state index contributed by atoms with van der Waals surface area (Å²) < 4.78 is 10.1. The molecule has 1 fully saturated rings. The Kier molecular flexibility index (Phi) is 6.42. The Hall–Kier alpha value is -1.14. The van der Waals surface area contributed by atoms with Crippen LogP contribution in [0.1, 0.15) is 33.6 Å². The first-order valence-electron chi connectivity index (χ1n) is 7.04. The van der Waals surface area contributed by atoms with Crippen molar-refractivity contribution in [3.8, 4) is 0 Å². The molecule has 1 N–H and O–H groups in total. The molecule has 0 spiro atoms. The zero-order valence-corrected chi connectivity index (χ0v) is 12.9. The van der Waals surface area contributed by atoms with Gasteiger partial charge in [-0.15, -0.1) is 0 Å². The van der Waals surface area contributed by atoms with Gasteiger partial charge in [0.2, 0.25) is 0 Å². The average Bonchev–Trinajstić information content (AvgIpc) is 2.35. The van der Waals surface area contributed by atoms with Crippen molar-refractivity contribution in [1.82, 2.24) is 10.2 Å². The third kappa shape index (κ3) is 6.34. The monoisotopic (exact) mass is 286 g/mol. The van der Waals surface area contributed by atoms with Gasteiger partial charge in [0, 0.05) is 26.2 Å². The largest absolute Gasteiger partial charge is 0.444 e. The van der Waals surface area contributed by atoms with Gasteiger partial charge in [-0.1, -0.05) is 0 Å². The van der Waals surface area contributed by atoms with E-state index in [4.69, 9.17) is 9.47 Å². The van der Waals surface area contributed by atoms with E-state index < -0.39 is 5.60 Å². The van der Waals surface area contributed by atoms with Crippen LogP contribution >= 0.6 is 0 Å². The van der Waals surface area contributed by atoms with Gasteiger partial charge < -0.3 is 19.7 Å². The zero-order chi connectivity index (χ0) is 15.2. The van der Waals surface area contributed by atoms with Crippen molar-refractivity contribution in [3.63, 3.8) is 0 Å². The zero-order valence-electron chi connectivity index (χ0n) is 12.9. The normalized spacial score (nSPS) is 17.1. The summed E-state index contributed by atoms with van der Waals surface area (Å²) in [6.07, 6.45) is 1.41. The number of ketones is 1. The molecule has 1 aliphatic heterocycles. The molecule has 1 aliphatic rings. The van der Waals surface area contributed by atoms with Crippen molar-refractivity contribution in [1.29, 1.82) is 0 Å². The van der Waals surface area contributed by atoms with Gasteiger partial charge in [-0.25, -0.2) is 4.79 Å². The quantitative estimate of drug-likeness (QED) is 0.822. The van der Waals surface area contributed by atoms with Crippen LogP contribution in [0.2, 0.25) is 0 Å². The minimum absolute atomic E-state index is 0.0436. The van der Waals surface area contributed by atoms with E-state index in [1.165, 1.54) is 7.11 Å². The minimum Gasteiger partial charge on any atom is -0.444 e. The van der Waals surface area contributed by atoms with Gasteiger partial charge in [0.25, 0.3) is 0 Å². The molecule has 0 aromatic rings. The van der Waals surface area contributed by atoms with Crippen molar-refractivity contribution in [2.24, 2.45) is 0 Å². The van der Waals surface area contributed by atoms with E-state index >= 15 is 0 Å². The fraction of sp³-hybridized carbons (Fsp3) is 0.857. The first-order valence-corrected chi connectivity index (χ1v) is 7.04. The lowest BCUT2D eigenvalue weighted by Gasteiger charge is -2.33. The molecule has 1 rings (SSSR count). The summed E-state index contributed by atoms with van der Waals surface area (Å²) in [5, 5.41) is 3.21. The lowest BCUT2D eigenvalue weighted by molar-refractivity contribution is -0.122. The SMILES string of the molecule is COCC(=O)CNC1CCN(C(=O)OC(C)(C)C)CC1. The fourth-order valence-corrected chi connectivity index (χ4v) is 2.06. The van der Waals surface area contributed by atoms with Crippen LogP contribution < -0.4 is 5.32 Å². The van der Waals surface area contributed by atoms with Crippen LogP contribution in [0.5, 0.6) is 0 Å². The number of rotatable bonds is 5. The first-order chi connectivity index (χ1) is 9.31. The smallest absolute Gasteiger partial charge is 0.410 e. The third-order valence-corrected chi connectivity index (χ3v) is 3.04. The molecule has 0 radical (unpaired) electrons. The molecule has 0 atom stereocenters. The Bertz CT molecular complexity index is 331. The van der Waals surface area contributed by atoms with Gasteiger partial charge in [-0.2, -0.15) is 0 Å². The average molecular weight is 286 g/mol. The number of nitrogens with one attached hydrogen (secondary N) is 1. The second-order valence-electron chi connectivity index (χ2n) is 6.09. The van der Waals surface area contributed by atoms with Gasteiger partial charge >= 0.3 is 6.09 Å². The van der Waals surface area contributed by atoms with Crippen LogP contribution in [0.25, 0.3) is 0 Å². The third-order valence-electron chi connectivity index (χ3n) is 3.04. The summed E-state index contributed by atoms with van der Waals surface area (Å²) in [6.45, 7) is 7.37. The Labute approximate surface area is 120 Å². The number of carbonyl (C=O) groups excluding carboxylic acids is 2. The standard InChI is InChI=1S/C14H26N2O4/c1-14(2,3)20-13(18)16-7-5-11(6-8-16)15-9-12(17)10-19-4/h11,15H,5-10H2,1-4H3. The van der Waals surface area contributed by atoms with Crippen molar-refractivity contribution in [3.05, 3.63) is 0 Å². The van der Waals surface area contributed by atoms with Crippen LogP contribution in [0.15, 0.2) is 0 Å². The van der Waals surface area contributed by atoms with Gasteiger partial charge in [-0.3, -0.25) is 4.79 Å². The molecule has 6 heteroatoms. The van der Waals surface area contributed by atoms with Crippen LogP contribution in [0.4, 0.5) is 4.79 Å². The molecule has 0 aromatic carbocycles. The lowest BCUT2D eigenvalue weighted by atomic mass is 10.1. The number of Topliss-reactive ketones (excluding diaryl/α,β-unsaturated/α-hetero) is 1. The summed E-state index contributed by atoms with van der Waals surface area (Å²) in [5.74, 6) is 0.0436. The molecule has 116 valence electrons. The van der Waals surface area contributed by atoms with Crippen molar-refractivity contribution in [2.75, 3.05) is 33.4 Å². The maximum atomic E-state index is 11.9. The summed E-state index contributed by atoms with van der Waals surface area (Å²) in [4.78, 5) is 24.9. The number of methoxy groups -OCH3 is 1. The van der Waals surface area contributed by atoms with Crippen molar-refractivity contribution < 1.29 is 19.1 Å². The van der Waals surface area contributed by atoms with E-state index in [0.717, 1.165) is 12.8 Å². The molecule has 0 aromatic heterocycles. The van der Waals surface area contributed by atoms with E-state index in [-0.39, 0.29) is 24.5 Å². The molecule has 0 saturated carbocycles. The van der Waals surface area contributed by atoms with Crippen LogP contribution in [-0.2, 0) is 14.3 Å². The number of likely N-dealkylation sites (tertiary alicyclic amines) is 1. The van der Waals surface area contributed by atoms with Crippen LogP contribution in [0, 0.1) is 0 Å². The molecule has 0 bridgehead atoms. The number of amides is 1. The molecule has 0 aliphatic carbocycles. The van der Waals surface area contributed by atoms with Crippen molar-refractivity contribution >= 4 is 11.9 Å². The van der Waals surface area contributed by atoms with E-state index in [2.05, 4.69) is 5.32 Å². The Morgan fingerprint density at radius 1 is 1.25 bits per heavy atom. The van der Waals surface area contributed by atoms with E-state index in [1.807, 2.05) is 20.8 Å². The summed E-state index contributed by atoms with van der Waals surface area (Å²) in [5.41, 5.74) is -0.460. The summed E-state index contributed by atoms with van der Waals surface area (Å²) in [6, 6.07) is 0.273.